The molecule has 0 saturated carbocycles. The topological polar surface area (TPSA) is 74.2 Å². The molecule has 0 radical (unpaired) electrons. The van der Waals surface area contributed by atoms with E-state index in [0.717, 1.165) is 17.0 Å². The summed E-state index contributed by atoms with van der Waals surface area (Å²) in [6.45, 7) is 1.11. The van der Waals surface area contributed by atoms with E-state index >= 15 is 0 Å². The number of methoxy groups -OCH3 is 1. The van der Waals surface area contributed by atoms with Crippen LogP contribution in [-0.2, 0) is 4.79 Å². The fourth-order valence-corrected chi connectivity index (χ4v) is 3.38. The molecule has 7 nitrogen and oxygen atoms in total. The van der Waals surface area contributed by atoms with Gasteiger partial charge in [-0.2, -0.15) is 5.10 Å². The zero-order valence-corrected chi connectivity index (χ0v) is 17.7. The van der Waals surface area contributed by atoms with Crippen LogP contribution in [-0.4, -0.2) is 57.2 Å². The van der Waals surface area contributed by atoms with Crippen molar-refractivity contribution in [1.82, 2.24) is 10.3 Å². The number of amides is 2. The first-order valence-corrected chi connectivity index (χ1v) is 10.0. The third-order valence-corrected chi connectivity index (χ3v) is 5.29. The van der Waals surface area contributed by atoms with E-state index in [2.05, 4.69) is 10.5 Å². The van der Waals surface area contributed by atoms with Gasteiger partial charge >= 0.3 is 0 Å². The number of hydrogen-bond donors (Lipinski definition) is 1. The maximum Gasteiger partial charge on any atom is 0.253 e. The molecule has 0 aromatic heterocycles. The Kier molecular flexibility index (Phi) is 7.06. The Morgan fingerprint density at radius 2 is 1.70 bits per heavy atom. The molecule has 30 heavy (non-hydrogen) atoms. The van der Waals surface area contributed by atoms with Crippen LogP contribution in [0.25, 0.3) is 0 Å². The van der Waals surface area contributed by atoms with Gasteiger partial charge in [0.25, 0.3) is 5.91 Å². The van der Waals surface area contributed by atoms with Gasteiger partial charge in [0.15, 0.2) is 0 Å². The first kappa shape index (κ1) is 21.4. The minimum Gasteiger partial charge on any atom is -0.497 e. The van der Waals surface area contributed by atoms with Gasteiger partial charge in [0, 0.05) is 44.4 Å². The van der Waals surface area contributed by atoms with E-state index in [9.17, 15) is 9.59 Å². The first-order valence-electron chi connectivity index (χ1n) is 10.0. The molecule has 1 heterocycles. The summed E-state index contributed by atoms with van der Waals surface area (Å²) < 4.78 is 5.13. The smallest absolute Gasteiger partial charge is 0.253 e. The fraction of sp³-hybridized carbons (Fsp3) is 0.348. The maximum absolute atomic E-state index is 12.6. The second-order valence-corrected chi connectivity index (χ2v) is 7.52. The van der Waals surface area contributed by atoms with E-state index < -0.39 is 0 Å². The largest absolute Gasteiger partial charge is 0.497 e. The second kappa shape index (κ2) is 9.91. The third kappa shape index (κ3) is 5.37. The van der Waals surface area contributed by atoms with Crippen molar-refractivity contribution in [2.24, 2.45) is 11.0 Å². The Labute approximate surface area is 177 Å². The number of rotatable bonds is 6. The highest BCUT2D eigenvalue weighted by atomic mass is 16.5. The van der Waals surface area contributed by atoms with Crippen LogP contribution in [0.15, 0.2) is 53.6 Å². The van der Waals surface area contributed by atoms with Crippen LogP contribution >= 0.6 is 0 Å². The van der Waals surface area contributed by atoms with Crippen molar-refractivity contribution in [3.8, 4) is 5.75 Å². The van der Waals surface area contributed by atoms with Crippen LogP contribution in [0, 0.1) is 5.92 Å². The predicted molar refractivity (Wildman–Crippen MR) is 118 cm³/mol. The molecule has 1 fully saturated rings. The summed E-state index contributed by atoms with van der Waals surface area (Å²) >= 11 is 0. The number of nitrogens with one attached hydrogen (secondary N) is 1. The molecule has 0 spiro atoms. The lowest BCUT2D eigenvalue weighted by atomic mass is 9.95. The summed E-state index contributed by atoms with van der Waals surface area (Å²) in [5.74, 6) is 0.456. The van der Waals surface area contributed by atoms with Crippen LogP contribution in [0.2, 0.25) is 0 Å². The molecule has 2 amide bonds. The number of anilines is 1. The molecule has 0 atom stereocenters. The van der Waals surface area contributed by atoms with Gasteiger partial charge in [-0.25, -0.2) is 5.43 Å². The lowest BCUT2D eigenvalue weighted by molar-refractivity contribution is -0.126. The molecule has 1 aliphatic rings. The van der Waals surface area contributed by atoms with Crippen molar-refractivity contribution in [1.29, 1.82) is 0 Å². The molecule has 158 valence electrons. The minimum atomic E-state index is -0.141. The molecule has 0 bridgehead atoms. The SMILES string of the molecule is COc1ccc(C(=O)N2CCC(C(=O)N/N=C\c3ccc(N(C)C)cc3)CC2)cc1. The number of hydrazone groups is 1. The van der Waals surface area contributed by atoms with Crippen LogP contribution < -0.4 is 15.1 Å². The van der Waals surface area contributed by atoms with Crippen molar-refractivity contribution in [3.05, 3.63) is 59.7 Å². The number of benzene rings is 2. The van der Waals surface area contributed by atoms with Crippen molar-refractivity contribution < 1.29 is 14.3 Å². The highest BCUT2D eigenvalue weighted by Crippen LogP contribution is 2.20. The number of carbonyl (C=O) groups is 2. The number of carbonyl (C=O) groups excluding carboxylic acids is 2. The Morgan fingerprint density at radius 1 is 1.07 bits per heavy atom. The van der Waals surface area contributed by atoms with Crippen molar-refractivity contribution >= 4 is 23.7 Å². The summed E-state index contributed by atoms with van der Waals surface area (Å²) in [4.78, 5) is 28.8. The average Bonchev–Trinajstić information content (AvgIpc) is 2.79. The van der Waals surface area contributed by atoms with Crippen LogP contribution in [0.1, 0.15) is 28.8 Å². The molecule has 7 heteroatoms. The summed E-state index contributed by atoms with van der Waals surface area (Å²) in [6, 6.07) is 15.0. The predicted octanol–water partition coefficient (Wildman–Crippen LogP) is 2.76. The molecule has 1 aliphatic heterocycles. The summed E-state index contributed by atoms with van der Waals surface area (Å²) in [5.41, 5.74) is 5.28. The molecule has 0 unspecified atom stereocenters. The first-order chi connectivity index (χ1) is 14.5. The second-order valence-electron chi connectivity index (χ2n) is 7.52. The quantitative estimate of drug-likeness (QED) is 0.589. The number of piperidine rings is 1. The standard InChI is InChI=1S/C23H28N4O3/c1-26(2)20-8-4-17(5-9-20)16-24-25-22(28)18-12-14-27(15-13-18)23(29)19-6-10-21(30-3)11-7-19/h4-11,16,18H,12-15H2,1-3H3,(H,25,28)/b24-16-. The number of likely N-dealkylation sites (tertiary alicyclic amines) is 1. The number of hydrogen-bond acceptors (Lipinski definition) is 5. The normalized spacial score (nSPS) is 14.6. The Hall–Kier alpha value is -3.35. The summed E-state index contributed by atoms with van der Waals surface area (Å²) in [7, 11) is 5.57. The lowest BCUT2D eigenvalue weighted by Crippen LogP contribution is -2.42. The van der Waals surface area contributed by atoms with Gasteiger partial charge in [-0.05, 0) is 54.8 Å². The molecular weight excluding hydrogens is 380 g/mol. The van der Waals surface area contributed by atoms with Gasteiger partial charge in [-0.3, -0.25) is 9.59 Å². The molecule has 0 aliphatic carbocycles. The van der Waals surface area contributed by atoms with Crippen molar-refractivity contribution in [2.45, 2.75) is 12.8 Å². The Balaban J connectivity index is 1.47. The van der Waals surface area contributed by atoms with Gasteiger partial charge in [0.1, 0.15) is 5.75 Å². The van der Waals surface area contributed by atoms with E-state index in [4.69, 9.17) is 4.74 Å². The lowest BCUT2D eigenvalue weighted by Gasteiger charge is -2.31. The monoisotopic (exact) mass is 408 g/mol. The van der Waals surface area contributed by atoms with Gasteiger partial charge in [-0.15, -0.1) is 0 Å². The Bertz CT molecular complexity index is 884. The fourth-order valence-electron chi connectivity index (χ4n) is 3.38. The third-order valence-electron chi connectivity index (χ3n) is 5.29. The van der Waals surface area contributed by atoms with E-state index in [1.165, 1.54) is 0 Å². The minimum absolute atomic E-state index is 0.0179. The molecular formula is C23H28N4O3. The summed E-state index contributed by atoms with van der Waals surface area (Å²) in [6.07, 6.45) is 2.89. The zero-order chi connectivity index (χ0) is 21.5. The molecule has 1 N–H and O–H groups in total. The number of nitrogens with zero attached hydrogens (tertiary/aromatic N) is 3. The van der Waals surface area contributed by atoms with E-state index in [-0.39, 0.29) is 17.7 Å². The van der Waals surface area contributed by atoms with E-state index in [0.29, 0.717) is 31.5 Å². The average molecular weight is 409 g/mol. The number of ether oxygens (including phenoxy) is 1. The molecule has 2 aromatic carbocycles. The van der Waals surface area contributed by atoms with Crippen LogP contribution in [0.4, 0.5) is 5.69 Å². The molecule has 3 rings (SSSR count). The summed E-state index contributed by atoms with van der Waals surface area (Å²) in [5, 5.41) is 4.08. The van der Waals surface area contributed by atoms with Gasteiger partial charge in [0.05, 0.1) is 13.3 Å². The highest BCUT2D eigenvalue weighted by molar-refractivity contribution is 5.94. The Morgan fingerprint density at radius 3 is 2.27 bits per heavy atom. The van der Waals surface area contributed by atoms with Crippen LogP contribution in [0.5, 0.6) is 5.75 Å². The van der Waals surface area contributed by atoms with Gasteiger partial charge in [-0.1, -0.05) is 12.1 Å². The van der Waals surface area contributed by atoms with Crippen molar-refractivity contribution in [3.63, 3.8) is 0 Å². The highest BCUT2D eigenvalue weighted by Gasteiger charge is 2.27. The van der Waals surface area contributed by atoms with Gasteiger partial charge in [0.2, 0.25) is 5.91 Å². The molecule has 2 aromatic rings. The van der Waals surface area contributed by atoms with Gasteiger partial charge < -0.3 is 14.5 Å². The molecule has 1 saturated heterocycles. The van der Waals surface area contributed by atoms with E-state index in [1.54, 1.807) is 42.5 Å². The van der Waals surface area contributed by atoms with Crippen LogP contribution in [0.3, 0.4) is 0 Å². The maximum atomic E-state index is 12.6. The zero-order valence-electron chi connectivity index (χ0n) is 17.7. The van der Waals surface area contributed by atoms with E-state index in [1.807, 2.05) is 43.3 Å². The van der Waals surface area contributed by atoms with Crippen molar-refractivity contribution in [2.75, 3.05) is 39.2 Å².